The van der Waals surface area contributed by atoms with Crippen LogP contribution in [0.5, 0.6) is 34.5 Å². The maximum Gasteiger partial charge on any atom is 0.336 e. The Morgan fingerprint density at radius 2 is 1.79 bits per heavy atom. The number of aliphatic hydroxyl groups is 5. The number of pyridine rings is 1. The van der Waals surface area contributed by atoms with Gasteiger partial charge in [0.15, 0.2) is 23.2 Å². The number of anilines is 1. The van der Waals surface area contributed by atoms with Gasteiger partial charge in [0.05, 0.1) is 23.9 Å². The van der Waals surface area contributed by atoms with Gasteiger partial charge in [-0.25, -0.2) is 19.8 Å². The van der Waals surface area contributed by atoms with Crippen molar-refractivity contribution in [1.29, 1.82) is 5.41 Å². The quantitative estimate of drug-likeness (QED) is 0.0765. The molecular formula is C48H46N6O14. The number of hydrogen-bond donors (Lipinski definition) is 10. The molecule has 2 bridgehead atoms. The molecule has 1 aliphatic carbocycles. The number of nitrogen functional groups attached to an aromatic ring is 1. The molecule has 8 atom stereocenters. The van der Waals surface area contributed by atoms with Gasteiger partial charge < -0.3 is 70.3 Å². The van der Waals surface area contributed by atoms with Crippen LogP contribution < -0.4 is 24.7 Å². The maximum atomic E-state index is 13.2. The van der Waals surface area contributed by atoms with E-state index in [2.05, 4.69) is 20.0 Å². The third-order valence-electron chi connectivity index (χ3n) is 12.2. The number of phenolic OH excluding ortho intramolecular Hbond substituents is 2. The molecule has 1 fully saturated rings. The number of carboxylic acid groups (broad SMARTS) is 1. The number of fused-ring (bicyclic) bond motifs is 3. The van der Waals surface area contributed by atoms with E-state index in [1.165, 1.54) is 49.0 Å². The molecule has 5 heterocycles. The van der Waals surface area contributed by atoms with Crippen molar-refractivity contribution in [2.45, 2.75) is 68.3 Å². The summed E-state index contributed by atoms with van der Waals surface area (Å²) in [6.45, 7) is 1.40. The van der Waals surface area contributed by atoms with Gasteiger partial charge in [0.2, 0.25) is 12.0 Å². The third-order valence-corrected chi connectivity index (χ3v) is 12.2. The molecule has 3 aromatic carbocycles. The molecule has 9 rings (SSSR count). The molecule has 1 aromatic heterocycles. The summed E-state index contributed by atoms with van der Waals surface area (Å²) in [7, 11) is 0. The molecule has 20 nitrogen and oxygen atoms in total. The van der Waals surface area contributed by atoms with Crippen molar-refractivity contribution in [2.24, 2.45) is 20.9 Å². The number of nitrogens with one attached hydrogen (secondary N) is 1. The molecule has 1 saturated heterocycles. The van der Waals surface area contributed by atoms with Crippen LogP contribution in [0.15, 0.2) is 112 Å². The molecular weight excluding hydrogens is 885 g/mol. The number of aryl methyl sites for hydroxylation is 1. The Balaban J connectivity index is 1.09. The molecule has 20 heteroatoms. The number of amidine groups is 1. The zero-order valence-corrected chi connectivity index (χ0v) is 36.1. The molecule has 8 unspecified atom stereocenters. The average molecular weight is 931 g/mol. The van der Waals surface area contributed by atoms with E-state index in [-0.39, 0.29) is 66.2 Å². The Bertz CT molecular complexity index is 2880. The molecule has 4 aromatic rings. The summed E-state index contributed by atoms with van der Waals surface area (Å²) in [5.74, 6) is -4.72. The molecule has 68 heavy (non-hydrogen) atoms. The molecule has 5 aliphatic rings. The standard InChI is InChI=1S/C48H46N6O14/c1-2-23-11-25(14-28(55)13-23)20-65-42-36(17-35-39(41(42)58)32(56)16-34(66-35)26-3-5-29(6-4-26)64-21-33(57)30-7-8-37(49)54-30)67-46-47(62)18-27(12-24-9-10-52-38(50)15-24)40(31-19-51-22-53-31)48(63,45(47)61)43(68-46)44(59)60/h3-11,13-18,22,33-34,40,43,45-46,49,55-58,61-63H,2,12,19-21H2,1H3,(H2,50,52)(H,59,60). The van der Waals surface area contributed by atoms with Gasteiger partial charge >= 0.3 is 5.97 Å². The van der Waals surface area contributed by atoms with Crippen LogP contribution in [0.3, 0.4) is 0 Å². The molecule has 0 radical (unpaired) electrons. The van der Waals surface area contributed by atoms with Crippen LogP contribution in [-0.2, 0) is 29.0 Å². The second-order valence-electron chi connectivity index (χ2n) is 16.8. The number of phenols is 2. The first kappa shape index (κ1) is 45.5. The number of nitrogens with zero attached hydrogens (tertiary/aromatic N) is 4. The number of aliphatic hydroxyl groups excluding tert-OH is 3. The van der Waals surface area contributed by atoms with E-state index < -0.39 is 76.8 Å². The monoisotopic (exact) mass is 930 g/mol. The Hall–Kier alpha value is -7.62. The Kier molecular flexibility index (Phi) is 12.0. The summed E-state index contributed by atoms with van der Waals surface area (Å²) >= 11 is 0. The van der Waals surface area contributed by atoms with E-state index >= 15 is 0 Å². The second-order valence-corrected chi connectivity index (χ2v) is 16.8. The van der Waals surface area contributed by atoms with Crippen LogP contribution in [0.25, 0.3) is 5.76 Å². The molecule has 0 saturated carbocycles. The molecule has 4 aliphatic heterocycles. The molecule has 0 spiro atoms. The van der Waals surface area contributed by atoms with Crippen LogP contribution in [0.4, 0.5) is 5.82 Å². The largest absolute Gasteiger partial charge is 0.508 e. The van der Waals surface area contributed by atoms with Gasteiger partial charge in [-0.15, -0.1) is 0 Å². The van der Waals surface area contributed by atoms with E-state index in [4.69, 9.17) is 34.8 Å². The van der Waals surface area contributed by atoms with Gasteiger partial charge in [-0.1, -0.05) is 30.7 Å². The summed E-state index contributed by atoms with van der Waals surface area (Å²) < 4.78 is 30.5. The minimum absolute atomic E-state index is 0.0191. The lowest BCUT2D eigenvalue weighted by Crippen LogP contribution is -2.79. The van der Waals surface area contributed by atoms with Crippen LogP contribution in [-0.4, -0.2) is 124 Å². The minimum atomic E-state index is -2.76. The zero-order valence-electron chi connectivity index (χ0n) is 36.1. The number of carbonyl (C=O) groups is 1. The van der Waals surface area contributed by atoms with E-state index in [9.17, 15) is 45.6 Å². The van der Waals surface area contributed by atoms with Crippen LogP contribution in [0.2, 0.25) is 0 Å². The summed E-state index contributed by atoms with van der Waals surface area (Å²) in [5.41, 5.74) is 3.28. The van der Waals surface area contributed by atoms with Crippen molar-refractivity contribution in [1.82, 2.24) is 4.98 Å². The number of aliphatic carboxylic acids is 1. The number of aliphatic imine (C=N–C) groups is 3. The van der Waals surface area contributed by atoms with Gasteiger partial charge in [0.25, 0.3) is 0 Å². The van der Waals surface area contributed by atoms with E-state index in [0.717, 1.165) is 5.56 Å². The molecule has 11 N–H and O–H groups in total. The van der Waals surface area contributed by atoms with Crippen molar-refractivity contribution >= 4 is 41.1 Å². The topological polar surface area (TPSA) is 325 Å². The highest BCUT2D eigenvalue weighted by Gasteiger charge is 2.71. The number of nitrogens with two attached hydrogens (primary N) is 1. The lowest BCUT2D eigenvalue weighted by atomic mass is 9.60. The summed E-state index contributed by atoms with van der Waals surface area (Å²) in [5, 5.41) is 99.9. The second kappa shape index (κ2) is 17.9. The summed E-state index contributed by atoms with van der Waals surface area (Å²) in [4.78, 5) is 29.5. The lowest BCUT2D eigenvalue weighted by Gasteiger charge is -2.57. The number of benzene rings is 3. The van der Waals surface area contributed by atoms with Crippen LogP contribution >= 0.6 is 0 Å². The molecule has 352 valence electrons. The number of carboxylic acids is 1. The van der Waals surface area contributed by atoms with E-state index in [0.29, 0.717) is 34.6 Å². The van der Waals surface area contributed by atoms with Crippen molar-refractivity contribution in [3.8, 4) is 34.5 Å². The Morgan fingerprint density at radius 1 is 1.01 bits per heavy atom. The van der Waals surface area contributed by atoms with E-state index in [1.807, 2.05) is 6.92 Å². The van der Waals surface area contributed by atoms with Gasteiger partial charge in [-0.05, 0) is 89.7 Å². The fourth-order valence-electron chi connectivity index (χ4n) is 9.04. The first-order valence-electron chi connectivity index (χ1n) is 21.4. The van der Waals surface area contributed by atoms with Crippen molar-refractivity contribution in [3.63, 3.8) is 0 Å². The average Bonchev–Trinajstić information content (AvgIpc) is 4.00. The van der Waals surface area contributed by atoms with Crippen LogP contribution in [0, 0.1) is 11.3 Å². The highest BCUT2D eigenvalue weighted by atomic mass is 16.7. The lowest BCUT2D eigenvalue weighted by molar-refractivity contribution is -0.338. The SMILES string of the molecule is CCc1cc(O)cc(COc2c(OC3OC(C(=O)O)C4(O)C(C5=NC=NC5)C(Cc5ccnc(N)c5)=CC3(O)C4O)cc3c(c2O)C(O)=CC(c2ccc(OCC(O)C4=NC(=N)C=C4)cc2)O3)c1. The highest BCUT2D eigenvalue weighted by Crippen LogP contribution is 2.54. The first-order chi connectivity index (χ1) is 32.5. The van der Waals surface area contributed by atoms with Crippen molar-refractivity contribution in [2.75, 3.05) is 18.9 Å². The number of ether oxygens (including phenoxy) is 5. The van der Waals surface area contributed by atoms with Gasteiger partial charge in [-0.3, -0.25) is 10.4 Å². The summed E-state index contributed by atoms with van der Waals surface area (Å²) in [6, 6.07) is 15.7. The van der Waals surface area contributed by atoms with Crippen molar-refractivity contribution < 1.29 is 69.3 Å². The van der Waals surface area contributed by atoms with Crippen LogP contribution in [0.1, 0.15) is 40.8 Å². The summed E-state index contributed by atoms with van der Waals surface area (Å²) in [6.07, 6.45) is -0.0518. The van der Waals surface area contributed by atoms with Crippen molar-refractivity contribution in [3.05, 3.63) is 125 Å². The minimum Gasteiger partial charge on any atom is -0.508 e. The zero-order chi connectivity index (χ0) is 48.1. The number of aromatic nitrogens is 1. The highest BCUT2D eigenvalue weighted by molar-refractivity contribution is 6.15. The maximum absolute atomic E-state index is 13.2. The number of rotatable bonds is 15. The van der Waals surface area contributed by atoms with E-state index in [1.54, 1.807) is 48.5 Å². The fourth-order valence-corrected chi connectivity index (χ4v) is 9.04. The predicted molar refractivity (Wildman–Crippen MR) is 244 cm³/mol. The van der Waals surface area contributed by atoms with Gasteiger partial charge in [0, 0.05) is 18.3 Å². The Labute approximate surface area is 387 Å². The van der Waals surface area contributed by atoms with Gasteiger partial charge in [0.1, 0.15) is 83.7 Å². The smallest absolute Gasteiger partial charge is 0.336 e. The third kappa shape index (κ3) is 8.39. The fraction of sp³-hybridized carbons (Fsp3) is 0.292. The number of hydrogen-bond acceptors (Lipinski definition) is 18. The predicted octanol–water partition coefficient (Wildman–Crippen LogP) is 3.27. The first-order valence-corrected chi connectivity index (χ1v) is 21.4. The normalized spacial score (nSPS) is 26.2. The Morgan fingerprint density at radius 3 is 2.49 bits per heavy atom. The van der Waals surface area contributed by atoms with Gasteiger partial charge in [-0.2, -0.15) is 0 Å². The molecule has 0 amide bonds. The number of aromatic hydroxyl groups is 2.